The van der Waals surface area contributed by atoms with E-state index < -0.39 is 5.97 Å². The number of amides is 2. The van der Waals surface area contributed by atoms with Gasteiger partial charge in [0, 0.05) is 13.2 Å². The lowest BCUT2D eigenvalue weighted by atomic mass is 10.1. The molecular formula is C14H18N2O4. The van der Waals surface area contributed by atoms with E-state index >= 15 is 0 Å². The molecule has 1 aromatic rings. The van der Waals surface area contributed by atoms with Crippen molar-refractivity contribution in [2.45, 2.75) is 25.4 Å². The maximum atomic E-state index is 11.7. The van der Waals surface area contributed by atoms with Gasteiger partial charge in [0.15, 0.2) is 0 Å². The fourth-order valence-electron chi connectivity index (χ4n) is 2.04. The Hall–Kier alpha value is -2.08. The first-order valence-electron chi connectivity index (χ1n) is 6.59. The standard InChI is InChI=1S/C14H18N2O4/c17-13(18)11-5-3-10(4-6-11)8-15-14(19)16-12-2-1-7-20-9-12/h3-6,12H,1-2,7-9H2,(H,17,18)(H2,15,16,19). The minimum atomic E-state index is -0.959. The summed E-state index contributed by atoms with van der Waals surface area (Å²) in [6, 6.07) is 6.25. The number of carbonyl (C=O) groups is 2. The highest BCUT2D eigenvalue weighted by molar-refractivity contribution is 5.87. The number of nitrogens with one attached hydrogen (secondary N) is 2. The fourth-order valence-corrected chi connectivity index (χ4v) is 2.04. The molecule has 2 amide bonds. The number of rotatable bonds is 4. The van der Waals surface area contributed by atoms with Gasteiger partial charge in [-0.3, -0.25) is 0 Å². The van der Waals surface area contributed by atoms with Crippen LogP contribution in [0.2, 0.25) is 0 Å². The van der Waals surface area contributed by atoms with Crippen molar-refractivity contribution in [3.8, 4) is 0 Å². The van der Waals surface area contributed by atoms with Gasteiger partial charge in [-0.1, -0.05) is 12.1 Å². The highest BCUT2D eigenvalue weighted by atomic mass is 16.5. The van der Waals surface area contributed by atoms with Gasteiger partial charge in [-0.15, -0.1) is 0 Å². The zero-order valence-electron chi connectivity index (χ0n) is 11.1. The Morgan fingerprint density at radius 3 is 2.65 bits per heavy atom. The molecule has 0 spiro atoms. The average molecular weight is 278 g/mol. The van der Waals surface area contributed by atoms with E-state index in [4.69, 9.17) is 9.84 Å². The zero-order chi connectivity index (χ0) is 14.4. The number of carboxylic acids is 1. The van der Waals surface area contributed by atoms with Gasteiger partial charge in [-0.2, -0.15) is 0 Å². The van der Waals surface area contributed by atoms with Crippen LogP contribution in [0.1, 0.15) is 28.8 Å². The molecular weight excluding hydrogens is 260 g/mol. The molecule has 0 saturated carbocycles. The molecule has 1 aliphatic rings. The predicted molar refractivity (Wildman–Crippen MR) is 72.6 cm³/mol. The summed E-state index contributed by atoms with van der Waals surface area (Å²) in [5.41, 5.74) is 1.09. The van der Waals surface area contributed by atoms with Crippen molar-refractivity contribution in [1.82, 2.24) is 10.6 Å². The van der Waals surface area contributed by atoms with E-state index in [1.807, 2.05) is 0 Å². The third-order valence-electron chi connectivity index (χ3n) is 3.15. The Morgan fingerprint density at radius 2 is 2.05 bits per heavy atom. The van der Waals surface area contributed by atoms with Crippen molar-refractivity contribution in [1.29, 1.82) is 0 Å². The number of carbonyl (C=O) groups excluding carboxylic acids is 1. The fraction of sp³-hybridized carbons (Fsp3) is 0.429. The second-order valence-corrected chi connectivity index (χ2v) is 4.74. The molecule has 0 bridgehead atoms. The van der Waals surface area contributed by atoms with E-state index in [2.05, 4.69) is 10.6 Å². The van der Waals surface area contributed by atoms with Gasteiger partial charge in [-0.05, 0) is 30.5 Å². The molecule has 0 aromatic heterocycles. The molecule has 108 valence electrons. The summed E-state index contributed by atoms with van der Waals surface area (Å²) in [5, 5.41) is 14.4. The smallest absolute Gasteiger partial charge is 0.335 e. The molecule has 2 rings (SSSR count). The minimum Gasteiger partial charge on any atom is -0.478 e. The Kier molecular flexibility index (Phi) is 4.95. The molecule has 20 heavy (non-hydrogen) atoms. The largest absolute Gasteiger partial charge is 0.478 e. The van der Waals surface area contributed by atoms with Crippen LogP contribution in [0, 0.1) is 0 Å². The number of ether oxygens (including phenoxy) is 1. The lowest BCUT2D eigenvalue weighted by molar-refractivity contribution is 0.0697. The Balaban J connectivity index is 1.76. The topological polar surface area (TPSA) is 87.7 Å². The van der Waals surface area contributed by atoms with Crippen molar-refractivity contribution in [2.75, 3.05) is 13.2 Å². The second kappa shape index (κ2) is 6.91. The molecule has 0 radical (unpaired) electrons. The Labute approximate surface area is 117 Å². The van der Waals surface area contributed by atoms with Crippen LogP contribution in [0.25, 0.3) is 0 Å². The number of hydrogen-bond donors (Lipinski definition) is 3. The van der Waals surface area contributed by atoms with E-state index in [9.17, 15) is 9.59 Å². The van der Waals surface area contributed by atoms with Crippen LogP contribution in [-0.2, 0) is 11.3 Å². The van der Waals surface area contributed by atoms with Crippen molar-refractivity contribution >= 4 is 12.0 Å². The summed E-state index contributed by atoms with van der Waals surface area (Å²) in [4.78, 5) is 22.4. The summed E-state index contributed by atoms with van der Waals surface area (Å²) < 4.78 is 5.28. The van der Waals surface area contributed by atoms with Gasteiger partial charge in [-0.25, -0.2) is 9.59 Å². The maximum absolute atomic E-state index is 11.7. The van der Waals surface area contributed by atoms with E-state index in [0.29, 0.717) is 13.2 Å². The minimum absolute atomic E-state index is 0.0677. The zero-order valence-corrected chi connectivity index (χ0v) is 11.1. The average Bonchev–Trinajstić information content (AvgIpc) is 2.46. The predicted octanol–water partition coefficient (Wildman–Crippen LogP) is 1.36. The Morgan fingerprint density at radius 1 is 1.30 bits per heavy atom. The molecule has 1 aromatic carbocycles. The van der Waals surface area contributed by atoms with Crippen molar-refractivity contribution < 1.29 is 19.4 Å². The van der Waals surface area contributed by atoms with Crippen LogP contribution >= 0.6 is 0 Å². The van der Waals surface area contributed by atoms with Gasteiger partial charge >= 0.3 is 12.0 Å². The first-order chi connectivity index (χ1) is 9.65. The Bertz CT molecular complexity index is 467. The van der Waals surface area contributed by atoms with Crippen LogP contribution < -0.4 is 10.6 Å². The summed E-state index contributed by atoms with van der Waals surface area (Å²) in [7, 11) is 0. The SMILES string of the molecule is O=C(NCc1ccc(C(=O)O)cc1)NC1CCCOC1. The molecule has 3 N–H and O–H groups in total. The van der Waals surface area contributed by atoms with Crippen LogP contribution in [0.15, 0.2) is 24.3 Å². The number of aromatic carboxylic acids is 1. The van der Waals surface area contributed by atoms with Gasteiger partial charge < -0.3 is 20.5 Å². The van der Waals surface area contributed by atoms with Gasteiger partial charge in [0.05, 0.1) is 18.2 Å². The maximum Gasteiger partial charge on any atom is 0.335 e. The van der Waals surface area contributed by atoms with E-state index in [1.54, 1.807) is 12.1 Å². The summed E-state index contributed by atoms with van der Waals surface area (Å²) >= 11 is 0. The van der Waals surface area contributed by atoms with E-state index in [-0.39, 0.29) is 17.6 Å². The molecule has 6 nitrogen and oxygen atoms in total. The first-order valence-corrected chi connectivity index (χ1v) is 6.59. The first kappa shape index (κ1) is 14.3. The molecule has 1 saturated heterocycles. The number of benzene rings is 1. The molecule has 1 atom stereocenters. The van der Waals surface area contributed by atoms with Gasteiger partial charge in [0.2, 0.25) is 0 Å². The molecule has 1 aliphatic heterocycles. The normalized spacial score (nSPS) is 18.3. The summed E-state index contributed by atoms with van der Waals surface area (Å²) in [5.74, 6) is -0.959. The lowest BCUT2D eigenvalue weighted by Gasteiger charge is -2.23. The van der Waals surface area contributed by atoms with Crippen LogP contribution in [0.4, 0.5) is 4.79 Å². The highest BCUT2D eigenvalue weighted by Gasteiger charge is 2.15. The summed E-state index contributed by atoms with van der Waals surface area (Å²) in [6.07, 6.45) is 1.89. The molecule has 1 heterocycles. The van der Waals surface area contributed by atoms with Gasteiger partial charge in [0.1, 0.15) is 0 Å². The third kappa shape index (κ3) is 4.24. The van der Waals surface area contributed by atoms with Crippen molar-refractivity contribution in [3.63, 3.8) is 0 Å². The number of carboxylic acid groups (broad SMARTS) is 1. The monoisotopic (exact) mass is 278 g/mol. The molecule has 6 heteroatoms. The van der Waals surface area contributed by atoms with Crippen LogP contribution in [0.5, 0.6) is 0 Å². The number of urea groups is 1. The number of hydrogen-bond acceptors (Lipinski definition) is 3. The second-order valence-electron chi connectivity index (χ2n) is 4.74. The summed E-state index contributed by atoms with van der Waals surface area (Å²) in [6.45, 7) is 1.68. The highest BCUT2D eigenvalue weighted by Crippen LogP contribution is 2.06. The van der Waals surface area contributed by atoms with Crippen molar-refractivity contribution in [3.05, 3.63) is 35.4 Å². The van der Waals surface area contributed by atoms with Crippen LogP contribution in [-0.4, -0.2) is 36.4 Å². The molecule has 0 aliphatic carbocycles. The van der Waals surface area contributed by atoms with Crippen molar-refractivity contribution in [2.24, 2.45) is 0 Å². The quantitative estimate of drug-likeness (QED) is 0.776. The van der Waals surface area contributed by atoms with E-state index in [0.717, 1.165) is 25.0 Å². The third-order valence-corrected chi connectivity index (χ3v) is 3.15. The molecule has 1 unspecified atom stereocenters. The van der Waals surface area contributed by atoms with Gasteiger partial charge in [0.25, 0.3) is 0 Å². The van der Waals surface area contributed by atoms with E-state index in [1.165, 1.54) is 12.1 Å². The lowest BCUT2D eigenvalue weighted by Crippen LogP contribution is -2.45. The van der Waals surface area contributed by atoms with Crippen LogP contribution in [0.3, 0.4) is 0 Å². The molecule has 1 fully saturated rings.